The summed E-state index contributed by atoms with van der Waals surface area (Å²) in [5, 5.41) is 0. The number of thiocarbonyl (C=S) groups is 1. The van der Waals surface area contributed by atoms with Crippen molar-refractivity contribution in [3.8, 4) is 0 Å². The Balaban J connectivity index is 2.76. The van der Waals surface area contributed by atoms with E-state index in [2.05, 4.69) is 12.2 Å². The SMILES string of the molecule is CC1(C)CC(=O)N(CC(N)=S)C(=O)C1. The van der Waals surface area contributed by atoms with Crippen LogP contribution >= 0.6 is 12.2 Å². The van der Waals surface area contributed by atoms with Gasteiger partial charge in [0, 0.05) is 12.8 Å². The molecule has 0 aromatic heterocycles. The van der Waals surface area contributed by atoms with Gasteiger partial charge in [-0.15, -0.1) is 0 Å². The van der Waals surface area contributed by atoms with Crippen molar-refractivity contribution in [1.82, 2.24) is 4.90 Å². The number of carbonyl (C=O) groups excluding carboxylic acids is 2. The van der Waals surface area contributed by atoms with Crippen LogP contribution in [0, 0.1) is 5.41 Å². The maximum atomic E-state index is 11.5. The van der Waals surface area contributed by atoms with Crippen molar-refractivity contribution in [2.75, 3.05) is 6.54 Å². The summed E-state index contributed by atoms with van der Waals surface area (Å²) in [7, 11) is 0. The second-order valence-electron chi connectivity index (χ2n) is 4.36. The summed E-state index contributed by atoms with van der Waals surface area (Å²) < 4.78 is 0. The molecule has 0 unspecified atom stereocenters. The molecule has 0 bridgehead atoms. The molecule has 1 fully saturated rings. The van der Waals surface area contributed by atoms with Crippen LogP contribution in [0.3, 0.4) is 0 Å². The maximum Gasteiger partial charge on any atom is 0.230 e. The van der Waals surface area contributed by atoms with E-state index in [4.69, 9.17) is 5.73 Å². The Bertz CT molecular complexity index is 279. The third-order valence-corrected chi connectivity index (χ3v) is 2.30. The van der Waals surface area contributed by atoms with Gasteiger partial charge in [0.2, 0.25) is 11.8 Å². The number of nitrogens with zero attached hydrogens (tertiary/aromatic N) is 1. The van der Waals surface area contributed by atoms with Crippen molar-refractivity contribution < 1.29 is 9.59 Å². The van der Waals surface area contributed by atoms with E-state index in [1.165, 1.54) is 0 Å². The first kappa shape index (κ1) is 11.1. The molecule has 0 radical (unpaired) electrons. The van der Waals surface area contributed by atoms with Crippen molar-refractivity contribution in [2.24, 2.45) is 11.1 Å². The molecule has 2 amide bonds. The molecule has 0 aliphatic carbocycles. The van der Waals surface area contributed by atoms with Crippen LogP contribution in [0.4, 0.5) is 0 Å². The molecule has 5 heteroatoms. The molecule has 0 aromatic rings. The fraction of sp³-hybridized carbons (Fsp3) is 0.667. The number of rotatable bonds is 2. The summed E-state index contributed by atoms with van der Waals surface area (Å²) in [4.78, 5) is 24.4. The van der Waals surface area contributed by atoms with Crippen LogP contribution in [0.25, 0.3) is 0 Å². The van der Waals surface area contributed by atoms with Gasteiger partial charge in [-0.05, 0) is 5.41 Å². The van der Waals surface area contributed by atoms with Crippen molar-refractivity contribution in [3.05, 3.63) is 0 Å². The lowest BCUT2D eigenvalue weighted by atomic mass is 9.82. The highest BCUT2D eigenvalue weighted by molar-refractivity contribution is 7.80. The Morgan fingerprint density at radius 2 is 1.86 bits per heavy atom. The molecule has 0 atom stereocenters. The highest BCUT2D eigenvalue weighted by atomic mass is 32.1. The number of amides is 2. The lowest BCUT2D eigenvalue weighted by Gasteiger charge is -2.34. The number of hydrogen-bond acceptors (Lipinski definition) is 3. The minimum absolute atomic E-state index is 0.0725. The first-order valence-corrected chi connectivity index (χ1v) is 4.84. The van der Waals surface area contributed by atoms with Crippen LogP contribution in [0.2, 0.25) is 0 Å². The Labute approximate surface area is 88.4 Å². The van der Waals surface area contributed by atoms with Crippen molar-refractivity contribution in [3.63, 3.8) is 0 Å². The topological polar surface area (TPSA) is 63.4 Å². The molecular formula is C9H14N2O2S. The predicted octanol–water partition coefficient (Wildman–Crippen LogP) is 0.448. The molecule has 14 heavy (non-hydrogen) atoms. The van der Waals surface area contributed by atoms with Crippen molar-refractivity contribution in [1.29, 1.82) is 0 Å². The van der Waals surface area contributed by atoms with Gasteiger partial charge in [-0.3, -0.25) is 14.5 Å². The molecule has 1 saturated heterocycles. The highest BCUT2D eigenvalue weighted by Gasteiger charge is 2.37. The summed E-state index contributed by atoms with van der Waals surface area (Å²) >= 11 is 4.67. The number of likely N-dealkylation sites (tertiary alicyclic amines) is 1. The number of imide groups is 1. The fourth-order valence-corrected chi connectivity index (χ4v) is 1.67. The average molecular weight is 214 g/mol. The number of piperidine rings is 1. The van der Waals surface area contributed by atoms with E-state index in [1.807, 2.05) is 13.8 Å². The van der Waals surface area contributed by atoms with Crippen LogP contribution in [-0.2, 0) is 9.59 Å². The van der Waals surface area contributed by atoms with Crippen LogP contribution < -0.4 is 5.73 Å². The van der Waals surface area contributed by atoms with Gasteiger partial charge in [-0.25, -0.2) is 0 Å². The van der Waals surface area contributed by atoms with Crippen molar-refractivity contribution >= 4 is 29.0 Å². The molecule has 0 spiro atoms. The van der Waals surface area contributed by atoms with Crippen molar-refractivity contribution in [2.45, 2.75) is 26.7 Å². The standard InChI is InChI=1S/C9H14N2O2S/c1-9(2)3-7(12)11(5-6(10)14)8(13)4-9/h3-5H2,1-2H3,(H2,10,14). The van der Waals surface area contributed by atoms with Gasteiger partial charge in [0.25, 0.3) is 0 Å². The predicted molar refractivity (Wildman–Crippen MR) is 56.5 cm³/mol. The average Bonchev–Trinajstić information content (AvgIpc) is 1.94. The zero-order chi connectivity index (χ0) is 10.9. The molecular weight excluding hydrogens is 200 g/mol. The molecule has 0 aromatic carbocycles. The zero-order valence-electron chi connectivity index (χ0n) is 8.37. The third kappa shape index (κ3) is 2.51. The van der Waals surface area contributed by atoms with Crippen LogP contribution in [0.5, 0.6) is 0 Å². The Morgan fingerprint density at radius 1 is 1.43 bits per heavy atom. The van der Waals surface area contributed by atoms with E-state index in [9.17, 15) is 9.59 Å². The van der Waals surface area contributed by atoms with Crippen LogP contribution in [0.1, 0.15) is 26.7 Å². The minimum Gasteiger partial charge on any atom is -0.392 e. The fourth-order valence-electron chi connectivity index (χ4n) is 1.54. The lowest BCUT2D eigenvalue weighted by Crippen LogP contribution is -2.48. The number of hydrogen-bond donors (Lipinski definition) is 1. The Kier molecular flexibility index (Phi) is 2.89. The summed E-state index contributed by atoms with van der Waals surface area (Å²) in [6.45, 7) is 3.88. The Morgan fingerprint density at radius 3 is 2.21 bits per heavy atom. The third-order valence-electron chi connectivity index (χ3n) is 2.18. The number of nitrogens with two attached hydrogens (primary N) is 1. The summed E-state index contributed by atoms with van der Waals surface area (Å²) in [6, 6.07) is 0. The minimum atomic E-state index is -0.235. The van der Waals surface area contributed by atoms with Crippen LogP contribution in [-0.4, -0.2) is 28.2 Å². The molecule has 0 saturated carbocycles. The van der Waals surface area contributed by atoms with E-state index in [0.29, 0.717) is 12.8 Å². The van der Waals surface area contributed by atoms with E-state index in [1.54, 1.807) is 0 Å². The molecule has 78 valence electrons. The maximum absolute atomic E-state index is 11.5. The monoisotopic (exact) mass is 214 g/mol. The molecule has 1 heterocycles. The number of carbonyl (C=O) groups is 2. The zero-order valence-corrected chi connectivity index (χ0v) is 9.19. The largest absolute Gasteiger partial charge is 0.392 e. The Hall–Kier alpha value is -0.970. The van der Waals surface area contributed by atoms with E-state index in [-0.39, 0.29) is 28.8 Å². The summed E-state index contributed by atoms with van der Waals surface area (Å²) in [6.07, 6.45) is 0.753. The van der Waals surface area contributed by atoms with Gasteiger partial charge in [-0.2, -0.15) is 0 Å². The van der Waals surface area contributed by atoms with E-state index < -0.39 is 0 Å². The van der Waals surface area contributed by atoms with Crippen LogP contribution in [0.15, 0.2) is 0 Å². The van der Waals surface area contributed by atoms with Gasteiger partial charge in [0.05, 0.1) is 11.5 Å². The summed E-state index contributed by atoms with van der Waals surface area (Å²) in [5.74, 6) is -0.363. The molecule has 4 nitrogen and oxygen atoms in total. The summed E-state index contributed by atoms with van der Waals surface area (Å²) in [5.41, 5.74) is 5.07. The lowest BCUT2D eigenvalue weighted by molar-refractivity contribution is -0.151. The van der Waals surface area contributed by atoms with Gasteiger partial charge in [-0.1, -0.05) is 26.1 Å². The molecule has 1 rings (SSSR count). The molecule has 1 aliphatic heterocycles. The highest BCUT2D eigenvalue weighted by Crippen LogP contribution is 2.31. The second kappa shape index (κ2) is 3.65. The second-order valence-corrected chi connectivity index (χ2v) is 4.88. The van der Waals surface area contributed by atoms with Gasteiger partial charge >= 0.3 is 0 Å². The van der Waals surface area contributed by atoms with Gasteiger partial charge < -0.3 is 5.73 Å². The van der Waals surface area contributed by atoms with Gasteiger partial charge in [0.15, 0.2) is 0 Å². The molecule has 2 N–H and O–H groups in total. The first-order chi connectivity index (χ1) is 6.32. The van der Waals surface area contributed by atoms with Gasteiger partial charge in [0.1, 0.15) is 0 Å². The smallest absolute Gasteiger partial charge is 0.230 e. The normalized spacial score (nSPS) is 21.1. The van der Waals surface area contributed by atoms with E-state index >= 15 is 0 Å². The molecule has 1 aliphatic rings. The quantitative estimate of drug-likeness (QED) is 0.535. The van der Waals surface area contributed by atoms with E-state index in [0.717, 1.165) is 4.90 Å². The first-order valence-electron chi connectivity index (χ1n) is 4.43.